The van der Waals surface area contributed by atoms with Gasteiger partial charge in [-0.3, -0.25) is 0 Å². The van der Waals surface area contributed by atoms with E-state index in [1.807, 2.05) is 0 Å². The van der Waals surface area contributed by atoms with E-state index in [0.717, 1.165) is 30.1 Å². The van der Waals surface area contributed by atoms with Crippen LogP contribution in [-0.2, 0) is 6.42 Å². The fraction of sp³-hybridized carbons (Fsp3) is 0.692. The Morgan fingerprint density at radius 3 is 2.88 bits per heavy atom. The van der Waals surface area contributed by atoms with Crippen LogP contribution in [0.2, 0.25) is 0 Å². The fourth-order valence-corrected chi connectivity index (χ4v) is 2.58. The number of nitrogens with zero attached hydrogens (tertiary/aromatic N) is 2. The number of rotatable bonds is 4. The molecule has 1 fully saturated rings. The SMILES string of the molecule is CCCc1c(N)ncnc1NC1CCCC1C. The van der Waals surface area contributed by atoms with Crippen molar-refractivity contribution in [1.82, 2.24) is 9.97 Å². The lowest BCUT2D eigenvalue weighted by Gasteiger charge is -2.20. The standard InChI is InChI=1S/C13H22N4/c1-3-5-10-12(14)15-8-16-13(10)17-11-7-4-6-9(11)2/h8-9,11H,3-7H2,1-2H3,(H3,14,15,16,17). The summed E-state index contributed by atoms with van der Waals surface area (Å²) in [7, 11) is 0. The molecule has 17 heavy (non-hydrogen) atoms. The second-order valence-electron chi connectivity index (χ2n) is 5.00. The molecule has 2 rings (SSSR count). The Bertz CT molecular complexity index is 378. The monoisotopic (exact) mass is 234 g/mol. The third-order valence-corrected chi connectivity index (χ3v) is 3.66. The van der Waals surface area contributed by atoms with Gasteiger partial charge in [0.1, 0.15) is 18.0 Å². The zero-order valence-electron chi connectivity index (χ0n) is 10.7. The first-order valence-corrected chi connectivity index (χ1v) is 6.58. The predicted molar refractivity (Wildman–Crippen MR) is 70.9 cm³/mol. The third kappa shape index (κ3) is 2.68. The molecular formula is C13H22N4. The average Bonchev–Trinajstić information content (AvgIpc) is 2.70. The summed E-state index contributed by atoms with van der Waals surface area (Å²) in [5.74, 6) is 2.29. The van der Waals surface area contributed by atoms with Crippen LogP contribution in [0.25, 0.3) is 0 Å². The van der Waals surface area contributed by atoms with Crippen LogP contribution >= 0.6 is 0 Å². The fourth-order valence-electron chi connectivity index (χ4n) is 2.58. The lowest BCUT2D eigenvalue weighted by atomic mass is 10.1. The molecule has 0 radical (unpaired) electrons. The van der Waals surface area contributed by atoms with E-state index >= 15 is 0 Å². The van der Waals surface area contributed by atoms with Crippen molar-refractivity contribution in [3.63, 3.8) is 0 Å². The minimum Gasteiger partial charge on any atom is -0.383 e. The molecule has 1 aliphatic carbocycles. The van der Waals surface area contributed by atoms with Crippen LogP contribution in [0.1, 0.15) is 45.1 Å². The van der Waals surface area contributed by atoms with Gasteiger partial charge >= 0.3 is 0 Å². The van der Waals surface area contributed by atoms with Gasteiger partial charge in [0.05, 0.1) is 0 Å². The van der Waals surface area contributed by atoms with E-state index in [4.69, 9.17) is 5.73 Å². The quantitative estimate of drug-likeness (QED) is 0.840. The zero-order valence-corrected chi connectivity index (χ0v) is 10.7. The van der Waals surface area contributed by atoms with E-state index in [-0.39, 0.29) is 0 Å². The van der Waals surface area contributed by atoms with Gasteiger partial charge in [0, 0.05) is 11.6 Å². The highest BCUT2D eigenvalue weighted by molar-refractivity contribution is 5.55. The summed E-state index contributed by atoms with van der Waals surface area (Å²) in [6.45, 7) is 4.45. The smallest absolute Gasteiger partial charge is 0.134 e. The van der Waals surface area contributed by atoms with Crippen molar-refractivity contribution in [2.45, 2.75) is 52.0 Å². The molecule has 0 spiro atoms. The summed E-state index contributed by atoms with van der Waals surface area (Å²) in [5, 5.41) is 3.55. The van der Waals surface area contributed by atoms with Gasteiger partial charge in [0.25, 0.3) is 0 Å². The molecule has 2 atom stereocenters. The van der Waals surface area contributed by atoms with E-state index in [1.54, 1.807) is 6.33 Å². The summed E-state index contributed by atoms with van der Waals surface area (Å²) in [6.07, 6.45) is 7.40. The van der Waals surface area contributed by atoms with Crippen molar-refractivity contribution in [2.24, 2.45) is 5.92 Å². The van der Waals surface area contributed by atoms with E-state index in [9.17, 15) is 0 Å². The maximum atomic E-state index is 5.93. The Balaban J connectivity index is 2.16. The highest BCUT2D eigenvalue weighted by atomic mass is 15.1. The Morgan fingerprint density at radius 2 is 2.24 bits per heavy atom. The van der Waals surface area contributed by atoms with E-state index in [1.165, 1.54) is 19.3 Å². The summed E-state index contributed by atoms with van der Waals surface area (Å²) in [6, 6.07) is 0.542. The van der Waals surface area contributed by atoms with Gasteiger partial charge in [0.15, 0.2) is 0 Å². The van der Waals surface area contributed by atoms with Gasteiger partial charge in [0.2, 0.25) is 0 Å². The minimum atomic E-state index is 0.542. The maximum Gasteiger partial charge on any atom is 0.134 e. The molecule has 0 bridgehead atoms. The summed E-state index contributed by atoms with van der Waals surface area (Å²) >= 11 is 0. The average molecular weight is 234 g/mol. The molecule has 4 heteroatoms. The second kappa shape index (κ2) is 5.34. The van der Waals surface area contributed by atoms with Crippen molar-refractivity contribution in [3.05, 3.63) is 11.9 Å². The van der Waals surface area contributed by atoms with Gasteiger partial charge in [-0.25, -0.2) is 9.97 Å². The molecular weight excluding hydrogens is 212 g/mol. The van der Waals surface area contributed by atoms with Gasteiger partial charge in [-0.05, 0) is 25.2 Å². The first-order valence-electron chi connectivity index (χ1n) is 6.58. The molecule has 0 saturated heterocycles. The summed E-state index contributed by atoms with van der Waals surface area (Å²) < 4.78 is 0. The van der Waals surface area contributed by atoms with Crippen molar-refractivity contribution in [1.29, 1.82) is 0 Å². The number of hydrogen-bond acceptors (Lipinski definition) is 4. The van der Waals surface area contributed by atoms with Crippen LogP contribution in [0, 0.1) is 5.92 Å². The molecule has 1 heterocycles. The Kier molecular flexibility index (Phi) is 3.82. The molecule has 1 saturated carbocycles. The molecule has 94 valence electrons. The largest absolute Gasteiger partial charge is 0.383 e. The predicted octanol–water partition coefficient (Wildman–Crippen LogP) is 2.61. The van der Waals surface area contributed by atoms with Crippen molar-refractivity contribution in [3.8, 4) is 0 Å². The van der Waals surface area contributed by atoms with Crippen LogP contribution in [0.15, 0.2) is 6.33 Å². The number of nitrogens with two attached hydrogens (primary N) is 1. The Labute approximate surface area is 103 Å². The van der Waals surface area contributed by atoms with Crippen molar-refractivity contribution in [2.75, 3.05) is 11.1 Å². The number of nitrogen functional groups attached to an aromatic ring is 1. The molecule has 0 amide bonds. The lowest BCUT2D eigenvalue weighted by molar-refractivity contribution is 0.554. The summed E-state index contributed by atoms with van der Waals surface area (Å²) in [4.78, 5) is 8.43. The number of hydrogen-bond donors (Lipinski definition) is 2. The maximum absolute atomic E-state index is 5.93. The zero-order chi connectivity index (χ0) is 12.3. The normalized spacial score (nSPS) is 23.9. The van der Waals surface area contributed by atoms with Crippen LogP contribution < -0.4 is 11.1 Å². The molecule has 4 nitrogen and oxygen atoms in total. The first-order chi connectivity index (χ1) is 8.22. The number of aromatic nitrogens is 2. The molecule has 1 aromatic heterocycles. The lowest BCUT2D eigenvalue weighted by Crippen LogP contribution is -2.23. The molecule has 1 aliphatic rings. The van der Waals surface area contributed by atoms with E-state index < -0.39 is 0 Å². The van der Waals surface area contributed by atoms with Gasteiger partial charge in [-0.1, -0.05) is 26.7 Å². The Hall–Kier alpha value is -1.32. The Morgan fingerprint density at radius 1 is 1.41 bits per heavy atom. The summed E-state index contributed by atoms with van der Waals surface area (Å²) in [5.41, 5.74) is 7.00. The van der Waals surface area contributed by atoms with Crippen molar-refractivity contribution < 1.29 is 0 Å². The molecule has 3 N–H and O–H groups in total. The molecule has 2 unspecified atom stereocenters. The van der Waals surface area contributed by atoms with Crippen molar-refractivity contribution >= 4 is 11.6 Å². The van der Waals surface area contributed by atoms with Gasteiger partial charge in [-0.2, -0.15) is 0 Å². The molecule has 0 aromatic carbocycles. The van der Waals surface area contributed by atoms with Crippen LogP contribution in [0.4, 0.5) is 11.6 Å². The highest BCUT2D eigenvalue weighted by Gasteiger charge is 2.24. The third-order valence-electron chi connectivity index (χ3n) is 3.66. The molecule has 0 aliphatic heterocycles. The van der Waals surface area contributed by atoms with Crippen LogP contribution in [-0.4, -0.2) is 16.0 Å². The minimum absolute atomic E-state index is 0.542. The first kappa shape index (κ1) is 12.1. The second-order valence-corrected chi connectivity index (χ2v) is 5.00. The molecule has 1 aromatic rings. The van der Waals surface area contributed by atoms with Crippen LogP contribution in [0.3, 0.4) is 0 Å². The highest BCUT2D eigenvalue weighted by Crippen LogP contribution is 2.29. The van der Waals surface area contributed by atoms with E-state index in [0.29, 0.717) is 11.9 Å². The van der Waals surface area contributed by atoms with E-state index in [2.05, 4.69) is 29.1 Å². The van der Waals surface area contributed by atoms with Crippen LogP contribution in [0.5, 0.6) is 0 Å². The van der Waals surface area contributed by atoms with Gasteiger partial charge in [-0.15, -0.1) is 0 Å². The van der Waals surface area contributed by atoms with Gasteiger partial charge < -0.3 is 11.1 Å². The number of anilines is 2. The topological polar surface area (TPSA) is 63.8 Å². The number of nitrogens with one attached hydrogen (secondary N) is 1.